The number of amides is 1. The van der Waals surface area contributed by atoms with Gasteiger partial charge in [-0.1, -0.05) is 12.8 Å². The number of carbonyl (C=O) groups excluding carboxylic acids is 1. The summed E-state index contributed by atoms with van der Waals surface area (Å²) in [5.74, 6) is 0.954. The Morgan fingerprint density at radius 3 is 3.00 bits per heavy atom. The standard InChI is InChI=1S/C17H21N3OS/c21-17(13-8-16(22-10-13)14-9-18-11-19-14)20-7-3-5-12-4-1-2-6-15(12)20/h8-12,15H,1-7H2,(H,18,19). The molecule has 2 unspecified atom stereocenters. The van der Waals surface area contributed by atoms with Crippen LogP contribution in [-0.4, -0.2) is 33.4 Å². The molecule has 116 valence electrons. The molecule has 2 aromatic rings. The van der Waals surface area contributed by atoms with E-state index in [1.807, 2.05) is 11.4 Å². The molecule has 0 radical (unpaired) electrons. The summed E-state index contributed by atoms with van der Waals surface area (Å²) in [4.78, 5) is 23.3. The SMILES string of the molecule is O=C(c1csc(-c2cnc[nH]2)c1)N1CCCC2CCCCC21. The molecule has 22 heavy (non-hydrogen) atoms. The lowest BCUT2D eigenvalue weighted by molar-refractivity contribution is 0.0391. The summed E-state index contributed by atoms with van der Waals surface area (Å²) in [5.41, 5.74) is 1.82. The maximum atomic E-state index is 12.9. The summed E-state index contributed by atoms with van der Waals surface area (Å²) >= 11 is 1.61. The highest BCUT2D eigenvalue weighted by Gasteiger charge is 2.36. The topological polar surface area (TPSA) is 49.0 Å². The number of hydrogen-bond donors (Lipinski definition) is 1. The Labute approximate surface area is 134 Å². The van der Waals surface area contributed by atoms with Crippen LogP contribution in [0.15, 0.2) is 24.0 Å². The zero-order valence-corrected chi connectivity index (χ0v) is 13.4. The van der Waals surface area contributed by atoms with Crippen LogP contribution in [0.2, 0.25) is 0 Å². The van der Waals surface area contributed by atoms with E-state index in [-0.39, 0.29) is 5.91 Å². The summed E-state index contributed by atoms with van der Waals surface area (Å²) in [7, 11) is 0. The summed E-state index contributed by atoms with van der Waals surface area (Å²) in [6.45, 7) is 0.926. The molecule has 5 heteroatoms. The molecule has 2 fully saturated rings. The van der Waals surface area contributed by atoms with E-state index >= 15 is 0 Å². The Balaban J connectivity index is 1.56. The van der Waals surface area contributed by atoms with Gasteiger partial charge in [-0.25, -0.2) is 4.98 Å². The highest BCUT2D eigenvalue weighted by molar-refractivity contribution is 7.13. The van der Waals surface area contributed by atoms with Crippen molar-refractivity contribution in [1.82, 2.24) is 14.9 Å². The lowest BCUT2D eigenvalue weighted by atomic mass is 9.78. The molecule has 2 atom stereocenters. The average Bonchev–Trinajstić information content (AvgIpc) is 3.24. The minimum Gasteiger partial charge on any atom is -0.344 e. The van der Waals surface area contributed by atoms with E-state index in [0.717, 1.165) is 35.0 Å². The summed E-state index contributed by atoms with van der Waals surface area (Å²) in [5, 5.41) is 1.99. The van der Waals surface area contributed by atoms with Gasteiger partial charge in [0.05, 0.1) is 28.7 Å². The molecule has 1 saturated carbocycles. The first-order chi connectivity index (χ1) is 10.8. The Bertz CT molecular complexity index is 647. The van der Waals surface area contributed by atoms with E-state index in [1.54, 1.807) is 23.9 Å². The van der Waals surface area contributed by atoms with Gasteiger partial charge >= 0.3 is 0 Å². The van der Waals surface area contributed by atoms with Crippen molar-refractivity contribution in [3.63, 3.8) is 0 Å². The van der Waals surface area contributed by atoms with Gasteiger partial charge in [-0.2, -0.15) is 0 Å². The van der Waals surface area contributed by atoms with Crippen LogP contribution in [0.25, 0.3) is 10.6 Å². The molecule has 2 aliphatic rings. The van der Waals surface area contributed by atoms with Gasteiger partial charge in [-0.05, 0) is 37.7 Å². The van der Waals surface area contributed by atoms with Crippen molar-refractivity contribution in [2.24, 2.45) is 5.92 Å². The van der Waals surface area contributed by atoms with Gasteiger partial charge < -0.3 is 9.88 Å². The molecule has 2 aromatic heterocycles. The fourth-order valence-corrected chi connectivity index (χ4v) is 4.88. The van der Waals surface area contributed by atoms with Crippen molar-refractivity contribution in [3.8, 4) is 10.6 Å². The van der Waals surface area contributed by atoms with Crippen molar-refractivity contribution in [2.75, 3.05) is 6.54 Å². The largest absolute Gasteiger partial charge is 0.344 e. The first kappa shape index (κ1) is 14.0. The zero-order chi connectivity index (χ0) is 14.9. The normalized spacial score (nSPS) is 25.0. The second-order valence-corrected chi connectivity index (χ2v) is 7.33. The van der Waals surface area contributed by atoms with Crippen LogP contribution < -0.4 is 0 Å². The van der Waals surface area contributed by atoms with Crippen molar-refractivity contribution in [3.05, 3.63) is 29.5 Å². The number of nitrogens with one attached hydrogen (secondary N) is 1. The molecule has 0 bridgehead atoms. The van der Waals surface area contributed by atoms with Gasteiger partial charge in [-0.15, -0.1) is 11.3 Å². The highest BCUT2D eigenvalue weighted by Crippen LogP contribution is 2.36. The van der Waals surface area contributed by atoms with Crippen LogP contribution in [0.5, 0.6) is 0 Å². The van der Waals surface area contributed by atoms with Gasteiger partial charge in [0.25, 0.3) is 5.91 Å². The van der Waals surface area contributed by atoms with Crippen LogP contribution in [0.4, 0.5) is 0 Å². The molecule has 1 N–H and O–H groups in total. The predicted octanol–water partition coefficient (Wildman–Crippen LogP) is 3.93. The van der Waals surface area contributed by atoms with E-state index < -0.39 is 0 Å². The van der Waals surface area contributed by atoms with Gasteiger partial charge in [0.1, 0.15) is 0 Å². The van der Waals surface area contributed by atoms with Crippen LogP contribution in [-0.2, 0) is 0 Å². The van der Waals surface area contributed by atoms with Crippen LogP contribution in [0, 0.1) is 5.92 Å². The molecule has 1 aliphatic heterocycles. The Morgan fingerprint density at radius 1 is 1.27 bits per heavy atom. The molecule has 1 saturated heterocycles. The highest BCUT2D eigenvalue weighted by atomic mass is 32.1. The lowest BCUT2D eigenvalue weighted by Gasteiger charge is -2.44. The minimum atomic E-state index is 0.221. The third-order valence-corrected chi connectivity index (χ3v) is 6.08. The molecular formula is C17H21N3OS. The maximum absolute atomic E-state index is 12.9. The smallest absolute Gasteiger partial charge is 0.254 e. The molecule has 1 amide bonds. The molecule has 4 nitrogen and oxygen atoms in total. The first-order valence-corrected chi connectivity index (χ1v) is 9.09. The number of rotatable bonds is 2. The number of H-pyrrole nitrogens is 1. The predicted molar refractivity (Wildman–Crippen MR) is 87.9 cm³/mol. The molecule has 4 rings (SSSR count). The van der Waals surface area contributed by atoms with Gasteiger partial charge in [-0.3, -0.25) is 4.79 Å². The summed E-state index contributed by atoms with van der Waals surface area (Å²) < 4.78 is 0. The van der Waals surface area contributed by atoms with E-state index in [1.165, 1.54) is 32.1 Å². The number of nitrogens with zero attached hydrogens (tertiary/aromatic N) is 2. The summed E-state index contributed by atoms with van der Waals surface area (Å²) in [6, 6.07) is 2.48. The van der Waals surface area contributed by atoms with Crippen molar-refractivity contribution in [2.45, 2.75) is 44.6 Å². The van der Waals surface area contributed by atoms with E-state index in [0.29, 0.717) is 6.04 Å². The van der Waals surface area contributed by atoms with Gasteiger partial charge in [0.15, 0.2) is 0 Å². The van der Waals surface area contributed by atoms with E-state index in [9.17, 15) is 4.79 Å². The number of carbonyl (C=O) groups is 1. The van der Waals surface area contributed by atoms with Crippen LogP contribution in [0.1, 0.15) is 48.9 Å². The number of aromatic nitrogens is 2. The number of aromatic amines is 1. The molecule has 3 heterocycles. The third kappa shape index (κ3) is 2.47. The van der Waals surface area contributed by atoms with Gasteiger partial charge in [0.2, 0.25) is 0 Å². The number of likely N-dealkylation sites (tertiary alicyclic amines) is 1. The second kappa shape index (κ2) is 5.88. The number of fused-ring (bicyclic) bond motifs is 1. The number of thiophene rings is 1. The first-order valence-electron chi connectivity index (χ1n) is 8.21. The monoisotopic (exact) mass is 315 g/mol. The number of imidazole rings is 1. The Hall–Kier alpha value is -1.62. The zero-order valence-electron chi connectivity index (χ0n) is 12.6. The molecule has 0 aromatic carbocycles. The van der Waals surface area contributed by atoms with Crippen molar-refractivity contribution < 1.29 is 4.79 Å². The maximum Gasteiger partial charge on any atom is 0.254 e. The number of piperidine rings is 1. The van der Waals surface area contributed by atoms with Crippen LogP contribution in [0.3, 0.4) is 0 Å². The quantitative estimate of drug-likeness (QED) is 0.912. The van der Waals surface area contributed by atoms with Crippen molar-refractivity contribution in [1.29, 1.82) is 0 Å². The molecular weight excluding hydrogens is 294 g/mol. The van der Waals surface area contributed by atoms with E-state index in [2.05, 4.69) is 14.9 Å². The fourth-order valence-electron chi connectivity index (χ4n) is 4.02. The van der Waals surface area contributed by atoms with Crippen molar-refractivity contribution >= 4 is 17.2 Å². The van der Waals surface area contributed by atoms with Gasteiger partial charge in [0, 0.05) is 18.0 Å². The van der Waals surface area contributed by atoms with Crippen LogP contribution >= 0.6 is 11.3 Å². The second-order valence-electron chi connectivity index (χ2n) is 6.42. The summed E-state index contributed by atoms with van der Waals surface area (Å²) in [6.07, 6.45) is 11.0. The molecule has 0 spiro atoms. The molecule has 1 aliphatic carbocycles. The third-order valence-electron chi connectivity index (χ3n) is 5.11. The fraction of sp³-hybridized carbons (Fsp3) is 0.529. The van der Waals surface area contributed by atoms with E-state index in [4.69, 9.17) is 0 Å². The average molecular weight is 315 g/mol. The minimum absolute atomic E-state index is 0.221. The Morgan fingerprint density at radius 2 is 2.14 bits per heavy atom. The number of hydrogen-bond acceptors (Lipinski definition) is 3. The lowest BCUT2D eigenvalue weighted by Crippen LogP contribution is -2.49. The Kier molecular flexibility index (Phi) is 3.74.